The zero-order valence-corrected chi connectivity index (χ0v) is 6.66. The molecule has 12 heavy (non-hydrogen) atoms. The van der Waals surface area contributed by atoms with Crippen LogP contribution in [0, 0.1) is 0 Å². The fourth-order valence-corrected chi connectivity index (χ4v) is 1.47. The first-order valence-corrected chi connectivity index (χ1v) is 3.96. The van der Waals surface area contributed by atoms with Gasteiger partial charge in [0.2, 0.25) is 0 Å². The van der Waals surface area contributed by atoms with E-state index in [1.165, 1.54) is 0 Å². The highest BCUT2D eigenvalue weighted by Crippen LogP contribution is 2.15. The molecule has 62 valence electrons. The molecule has 0 aromatic carbocycles. The lowest BCUT2D eigenvalue weighted by atomic mass is 10.2. The van der Waals surface area contributed by atoms with Crippen molar-refractivity contribution in [3.63, 3.8) is 0 Å². The first kappa shape index (κ1) is 7.16. The number of nitrogens with zero attached hydrogens (tertiary/aromatic N) is 1. The molecule has 0 saturated heterocycles. The van der Waals surface area contributed by atoms with E-state index in [9.17, 15) is 4.79 Å². The Morgan fingerprint density at radius 2 is 2.50 bits per heavy atom. The van der Waals surface area contributed by atoms with Crippen molar-refractivity contribution in [2.24, 2.45) is 0 Å². The molecule has 0 atom stereocenters. The van der Waals surface area contributed by atoms with Gasteiger partial charge in [0.1, 0.15) is 6.29 Å². The molecular formula is C9H10N2O. The van der Waals surface area contributed by atoms with Crippen LogP contribution in [0.2, 0.25) is 0 Å². The van der Waals surface area contributed by atoms with Gasteiger partial charge in [0.15, 0.2) is 0 Å². The van der Waals surface area contributed by atoms with Crippen molar-refractivity contribution >= 4 is 12.0 Å². The average Bonchev–Trinajstić information content (AvgIpc) is 2.53. The molecule has 0 unspecified atom stereocenters. The monoisotopic (exact) mass is 162 g/mol. The van der Waals surface area contributed by atoms with E-state index in [1.54, 1.807) is 6.08 Å². The van der Waals surface area contributed by atoms with E-state index in [4.69, 9.17) is 0 Å². The largest absolute Gasteiger partial charge is 0.381 e. The smallest absolute Gasteiger partial charge is 0.144 e. The predicted molar refractivity (Wildman–Crippen MR) is 46.5 cm³/mol. The minimum atomic E-state index is 0.811. The molecule has 1 aliphatic heterocycles. The van der Waals surface area contributed by atoms with E-state index in [1.807, 2.05) is 18.3 Å². The Kier molecular flexibility index (Phi) is 1.70. The molecule has 3 nitrogen and oxygen atoms in total. The van der Waals surface area contributed by atoms with Gasteiger partial charge in [0, 0.05) is 25.4 Å². The highest BCUT2D eigenvalue weighted by Gasteiger charge is 2.10. The first-order chi connectivity index (χ1) is 5.92. The minimum Gasteiger partial charge on any atom is -0.381 e. The number of hydrogen-bond donors (Lipinski definition) is 1. The lowest BCUT2D eigenvalue weighted by Crippen LogP contribution is -2.26. The Balaban J connectivity index is 2.44. The van der Waals surface area contributed by atoms with Crippen LogP contribution in [0.3, 0.4) is 0 Å². The summed E-state index contributed by atoms with van der Waals surface area (Å²) in [6.45, 7) is 1.86. The molecule has 1 aliphatic rings. The van der Waals surface area contributed by atoms with Crippen molar-refractivity contribution in [2.45, 2.75) is 6.54 Å². The predicted octanol–water partition coefficient (Wildman–Crippen LogP) is 0.631. The zero-order chi connectivity index (χ0) is 8.39. The van der Waals surface area contributed by atoms with E-state index in [0.29, 0.717) is 0 Å². The van der Waals surface area contributed by atoms with Gasteiger partial charge < -0.3 is 9.88 Å². The quantitative estimate of drug-likeness (QED) is 0.485. The molecule has 0 aliphatic carbocycles. The summed E-state index contributed by atoms with van der Waals surface area (Å²) in [4.78, 5) is 10.3. The molecule has 0 spiro atoms. The average molecular weight is 162 g/mol. The van der Waals surface area contributed by atoms with Gasteiger partial charge in [-0.2, -0.15) is 0 Å². The van der Waals surface area contributed by atoms with Crippen molar-refractivity contribution in [1.82, 2.24) is 9.88 Å². The maximum Gasteiger partial charge on any atom is 0.144 e. The third-order valence-corrected chi connectivity index (χ3v) is 2.01. The Labute approximate surface area is 70.7 Å². The second-order valence-electron chi connectivity index (χ2n) is 2.73. The van der Waals surface area contributed by atoms with Crippen molar-refractivity contribution in [2.75, 3.05) is 6.54 Å². The fraction of sp³-hybridized carbons (Fsp3) is 0.222. The summed E-state index contributed by atoms with van der Waals surface area (Å²) in [5, 5.41) is 3.17. The van der Waals surface area contributed by atoms with Crippen molar-refractivity contribution in [3.8, 4) is 0 Å². The van der Waals surface area contributed by atoms with Crippen molar-refractivity contribution in [3.05, 3.63) is 30.1 Å². The van der Waals surface area contributed by atoms with Gasteiger partial charge in [0.05, 0.1) is 11.4 Å². The molecule has 2 rings (SSSR count). The number of hydrogen-bond acceptors (Lipinski definition) is 2. The maximum absolute atomic E-state index is 10.3. The highest BCUT2D eigenvalue weighted by molar-refractivity contribution is 5.80. The Hall–Kier alpha value is -1.51. The zero-order valence-electron chi connectivity index (χ0n) is 6.66. The van der Waals surface area contributed by atoms with E-state index in [0.717, 1.165) is 30.8 Å². The van der Waals surface area contributed by atoms with E-state index in [2.05, 4.69) is 9.88 Å². The molecule has 1 N–H and O–H groups in total. The van der Waals surface area contributed by atoms with E-state index < -0.39 is 0 Å². The summed E-state index contributed by atoms with van der Waals surface area (Å²) in [5.74, 6) is 0. The van der Waals surface area contributed by atoms with Gasteiger partial charge in [0.25, 0.3) is 0 Å². The van der Waals surface area contributed by atoms with Gasteiger partial charge in [-0.15, -0.1) is 0 Å². The van der Waals surface area contributed by atoms with Crippen LogP contribution in [0.4, 0.5) is 0 Å². The molecule has 1 aromatic heterocycles. The SMILES string of the molecule is O=C/C=C1/NCCn2cccc21. The lowest BCUT2D eigenvalue weighted by Gasteiger charge is -2.19. The number of fused-ring (bicyclic) bond motifs is 1. The number of carbonyl (C=O) groups excluding carboxylic acids is 1. The van der Waals surface area contributed by atoms with E-state index in [-0.39, 0.29) is 0 Å². The summed E-state index contributed by atoms with van der Waals surface area (Å²) < 4.78 is 2.13. The normalized spacial score (nSPS) is 18.5. The van der Waals surface area contributed by atoms with Crippen LogP contribution in [0.15, 0.2) is 24.4 Å². The molecule has 0 saturated carbocycles. The van der Waals surface area contributed by atoms with Crippen LogP contribution in [0.1, 0.15) is 5.69 Å². The van der Waals surface area contributed by atoms with E-state index >= 15 is 0 Å². The first-order valence-electron chi connectivity index (χ1n) is 3.96. The van der Waals surface area contributed by atoms with Gasteiger partial charge in [-0.3, -0.25) is 4.79 Å². The van der Waals surface area contributed by atoms with Crippen LogP contribution in [-0.2, 0) is 11.3 Å². The summed E-state index contributed by atoms with van der Waals surface area (Å²) in [6, 6.07) is 3.99. The standard InChI is InChI=1S/C9H10N2O/c12-7-3-8-9-2-1-5-11(9)6-4-10-8/h1-3,5,7,10H,4,6H2/b8-3+. The van der Waals surface area contributed by atoms with Crippen molar-refractivity contribution < 1.29 is 4.79 Å². The van der Waals surface area contributed by atoms with Crippen LogP contribution >= 0.6 is 0 Å². The molecule has 0 radical (unpaired) electrons. The van der Waals surface area contributed by atoms with Crippen LogP contribution in [0.5, 0.6) is 0 Å². The molecule has 1 aromatic rings. The Morgan fingerprint density at radius 3 is 3.33 bits per heavy atom. The third kappa shape index (κ3) is 1.03. The molecule has 0 bridgehead atoms. The topological polar surface area (TPSA) is 34.0 Å². The fourth-order valence-electron chi connectivity index (χ4n) is 1.47. The van der Waals surface area contributed by atoms with Gasteiger partial charge >= 0.3 is 0 Å². The van der Waals surface area contributed by atoms with Crippen LogP contribution in [0.25, 0.3) is 5.70 Å². The number of carbonyl (C=O) groups is 1. The van der Waals surface area contributed by atoms with Gasteiger partial charge in [-0.05, 0) is 12.1 Å². The van der Waals surface area contributed by atoms with Crippen LogP contribution < -0.4 is 5.32 Å². The summed E-state index contributed by atoms with van der Waals surface area (Å²) in [6.07, 6.45) is 4.39. The molecule has 0 fully saturated rings. The Morgan fingerprint density at radius 1 is 1.58 bits per heavy atom. The second kappa shape index (κ2) is 2.85. The Bertz CT molecular complexity index is 325. The number of aromatic nitrogens is 1. The summed E-state index contributed by atoms with van der Waals surface area (Å²) in [5.41, 5.74) is 2.01. The van der Waals surface area contributed by atoms with Gasteiger partial charge in [-0.1, -0.05) is 0 Å². The second-order valence-corrected chi connectivity index (χ2v) is 2.73. The highest BCUT2D eigenvalue weighted by atomic mass is 16.1. The molecule has 3 heteroatoms. The number of aldehydes is 1. The summed E-state index contributed by atoms with van der Waals surface area (Å²) >= 11 is 0. The lowest BCUT2D eigenvalue weighted by molar-refractivity contribution is -0.104. The number of rotatable bonds is 1. The number of allylic oxidation sites excluding steroid dienone is 1. The van der Waals surface area contributed by atoms with Crippen LogP contribution in [-0.4, -0.2) is 17.4 Å². The maximum atomic E-state index is 10.3. The molecular weight excluding hydrogens is 152 g/mol. The number of nitrogens with one attached hydrogen (secondary N) is 1. The minimum absolute atomic E-state index is 0.811. The third-order valence-electron chi connectivity index (χ3n) is 2.01. The van der Waals surface area contributed by atoms with Crippen molar-refractivity contribution in [1.29, 1.82) is 0 Å². The van der Waals surface area contributed by atoms with Gasteiger partial charge in [-0.25, -0.2) is 0 Å². The molecule has 2 heterocycles. The summed E-state index contributed by atoms with van der Waals surface area (Å²) in [7, 11) is 0. The molecule has 0 amide bonds.